The van der Waals surface area contributed by atoms with Gasteiger partial charge in [-0.15, -0.1) is 11.8 Å². The third-order valence-corrected chi connectivity index (χ3v) is 3.83. The summed E-state index contributed by atoms with van der Waals surface area (Å²) in [7, 11) is 0. The zero-order valence-electron chi connectivity index (χ0n) is 11.4. The van der Waals surface area contributed by atoms with Crippen molar-refractivity contribution in [1.82, 2.24) is 5.16 Å². The van der Waals surface area contributed by atoms with Crippen LogP contribution in [-0.4, -0.2) is 36.8 Å². The number of amides is 1. The molecule has 0 saturated carbocycles. The fourth-order valence-electron chi connectivity index (χ4n) is 2.04. The number of thioether (sulfide) groups is 1. The maximum atomic E-state index is 11.9. The van der Waals surface area contributed by atoms with Crippen molar-refractivity contribution in [3.63, 3.8) is 0 Å². The van der Waals surface area contributed by atoms with Gasteiger partial charge in [0.2, 0.25) is 0 Å². The molecule has 2 heterocycles. The summed E-state index contributed by atoms with van der Waals surface area (Å²) in [5, 5.41) is 3.64. The van der Waals surface area contributed by atoms with Gasteiger partial charge in [-0.3, -0.25) is 4.90 Å². The first-order valence-electron chi connectivity index (χ1n) is 6.41. The molecule has 1 fully saturated rings. The van der Waals surface area contributed by atoms with Gasteiger partial charge in [-0.1, -0.05) is 0 Å². The van der Waals surface area contributed by atoms with Gasteiger partial charge in [0.1, 0.15) is 12.9 Å². The van der Waals surface area contributed by atoms with Crippen molar-refractivity contribution in [3.05, 3.63) is 36.6 Å². The predicted molar refractivity (Wildman–Crippen MR) is 77.8 cm³/mol. The lowest BCUT2D eigenvalue weighted by Gasteiger charge is -2.13. The molecule has 6 nitrogen and oxygen atoms in total. The molecule has 110 valence electrons. The van der Waals surface area contributed by atoms with Crippen LogP contribution < -0.4 is 9.64 Å². The molecule has 1 aromatic heterocycles. The van der Waals surface area contributed by atoms with Crippen LogP contribution in [0.25, 0.3) is 0 Å². The van der Waals surface area contributed by atoms with Gasteiger partial charge < -0.3 is 14.0 Å². The average molecular weight is 306 g/mol. The minimum absolute atomic E-state index is 0.248. The Morgan fingerprint density at radius 3 is 2.86 bits per heavy atom. The van der Waals surface area contributed by atoms with Crippen molar-refractivity contribution in [2.24, 2.45) is 0 Å². The molecule has 7 heteroatoms. The van der Waals surface area contributed by atoms with Crippen molar-refractivity contribution in [3.8, 4) is 5.88 Å². The monoisotopic (exact) mass is 306 g/mol. The Balaban J connectivity index is 1.61. The highest BCUT2D eigenvalue weighted by molar-refractivity contribution is 7.98. The van der Waals surface area contributed by atoms with Crippen LogP contribution in [0, 0.1) is 0 Å². The van der Waals surface area contributed by atoms with Crippen molar-refractivity contribution in [1.29, 1.82) is 0 Å². The molecule has 3 rings (SSSR count). The van der Waals surface area contributed by atoms with Gasteiger partial charge in [0.05, 0.1) is 6.54 Å². The number of cyclic esters (lactones) is 1. The molecule has 1 atom stereocenters. The van der Waals surface area contributed by atoms with E-state index in [-0.39, 0.29) is 18.8 Å². The topological polar surface area (TPSA) is 64.8 Å². The Morgan fingerprint density at radius 1 is 1.38 bits per heavy atom. The molecule has 1 saturated heterocycles. The van der Waals surface area contributed by atoms with Crippen molar-refractivity contribution < 1.29 is 18.8 Å². The molecule has 2 aromatic rings. The van der Waals surface area contributed by atoms with E-state index in [0.717, 1.165) is 10.6 Å². The summed E-state index contributed by atoms with van der Waals surface area (Å²) >= 11 is 1.66. The number of nitrogens with zero attached hydrogens (tertiary/aromatic N) is 2. The summed E-state index contributed by atoms with van der Waals surface area (Å²) in [5.74, 6) is 0.383. The molecule has 0 bridgehead atoms. The minimum atomic E-state index is -0.361. The molecule has 0 radical (unpaired) electrons. The van der Waals surface area contributed by atoms with Gasteiger partial charge in [-0.2, -0.15) is 0 Å². The Kier molecular flexibility index (Phi) is 4.01. The van der Waals surface area contributed by atoms with E-state index in [1.54, 1.807) is 22.7 Å². The average Bonchev–Trinajstić information content (AvgIpc) is 3.15. The summed E-state index contributed by atoms with van der Waals surface area (Å²) in [5.41, 5.74) is 0.821. The molecule has 1 unspecified atom stereocenters. The van der Waals surface area contributed by atoms with Gasteiger partial charge in [-0.05, 0) is 35.7 Å². The molecule has 0 N–H and O–H groups in total. The molecule has 0 spiro atoms. The Labute approximate surface area is 126 Å². The Hall–Kier alpha value is -2.15. The third kappa shape index (κ3) is 3.13. The van der Waals surface area contributed by atoms with Gasteiger partial charge in [-0.25, -0.2) is 4.79 Å². The summed E-state index contributed by atoms with van der Waals surface area (Å²) in [4.78, 5) is 14.7. The Bertz CT molecular complexity index is 600. The van der Waals surface area contributed by atoms with E-state index in [0.29, 0.717) is 12.4 Å². The highest BCUT2D eigenvalue weighted by atomic mass is 32.2. The first-order chi connectivity index (χ1) is 10.3. The maximum Gasteiger partial charge on any atom is 0.414 e. The second kappa shape index (κ2) is 6.09. The number of anilines is 1. The van der Waals surface area contributed by atoms with E-state index in [4.69, 9.17) is 9.47 Å². The van der Waals surface area contributed by atoms with E-state index in [9.17, 15) is 4.79 Å². The smallest absolute Gasteiger partial charge is 0.414 e. The lowest BCUT2D eigenvalue weighted by atomic mass is 10.3. The van der Waals surface area contributed by atoms with E-state index in [2.05, 4.69) is 9.68 Å². The number of carbonyl (C=O) groups is 1. The number of aromatic nitrogens is 1. The van der Waals surface area contributed by atoms with Gasteiger partial charge >= 0.3 is 6.09 Å². The third-order valence-electron chi connectivity index (χ3n) is 3.09. The van der Waals surface area contributed by atoms with E-state index in [1.807, 2.05) is 30.5 Å². The van der Waals surface area contributed by atoms with Crippen LogP contribution in [0.5, 0.6) is 5.88 Å². The van der Waals surface area contributed by atoms with Crippen LogP contribution in [0.4, 0.5) is 10.5 Å². The second-order valence-electron chi connectivity index (χ2n) is 4.46. The highest BCUT2D eigenvalue weighted by Crippen LogP contribution is 2.24. The number of benzene rings is 1. The summed E-state index contributed by atoms with van der Waals surface area (Å²) in [6.45, 7) is 0.701. The summed E-state index contributed by atoms with van der Waals surface area (Å²) in [6, 6.07) is 9.39. The van der Waals surface area contributed by atoms with Crippen LogP contribution >= 0.6 is 11.8 Å². The zero-order chi connectivity index (χ0) is 14.7. The Morgan fingerprint density at radius 2 is 2.19 bits per heavy atom. The van der Waals surface area contributed by atoms with Gasteiger partial charge in [0.15, 0.2) is 6.10 Å². The quantitative estimate of drug-likeness (QED) is 0.791. The highest BCUT2D eigenvalue weighted by Gasteiger charge is 2.32. The first-order valence-corrected chi connectivity index (χ1v) is 7.64. The fourth-order valence-corrected chi connectivity index (χ4v) is 2.44. The molecule has 1 aromatic carbocycles. The van der Waals surface area contributed by atoms with Crippen LogP contribution in [0.3, 0.4) is 0 Å². The SMILES string of the molecule is CSc1ccc(N2CC(COc3ccon3)OC2=O)cc1. The predicted octanol–water partition coefficient (Wildman–Crippen LogP) is 2.80. The molecular formula is C14H14N2O4S. The largest absolute Gasteiger partial charge is 0.471 e. The standard InChI is InChI=1S/C14H14N2O4S/c1-21-12-4-2-10(3-5-12)16-8-11(20-14(16)17)9-18-13-6-7-19-15-13/h2-7,11H,8-9H2,1H3. The van der Waals surface area contributed by atoms with Crippen molar-refractivity contribution in [2.45, 2.75) is 11.0 Å². The van der Waals surface area contributed by atoms with Crippen LogP contribution in [0.15, 0.2) is 46.0 Å². The van der Waals surface area contributed by atoms with E-state index >= 15 is 0 Å². The number of rotatable bonds is 5. The molecule has 21 heavy (non-hydrogen) atoms. The summed E-state index contributed by atoms with van der Waals surface area (Å²) < 4.78 is 15.3. The zero-order valence-corrected chi connectivity index (χ0v) is 12.2. The normalized spacial score (nSPS) is 17.9. The van der Waals surface area contributed by atoms with E-state index in [1.165, 1.54) is 6.26 Å². The summed E-state index contributed by atoms with van der Waals surface area (Å²) in [6.07, 6.45) is 2.75. The molecule has 1 aliphatic heterocycles. The number of hydrogen-bond acceptors (Lipinski definition) is 6. The second-order valence-corrected chi connectivity index (χ2v) is 5.34. The molecular weight excluding hydrogens is 292 g/mol. The first kappa shape index (κ1) is 13.8. The van der Waals surface area contributed by atoms with E-state index < -0.39 is 0 Å². The molecule has 1 aliphatic rings. The maximum absolute atomic E-state index is 11.9. The lowest BCUT2D eigenvalue weighted by molar-refractivity contribution is 0.102. The molecule has 1 amide bonds. The number of carbonyl (C=O) groups excluding carboxylic acids is 1. The van der Waals surface area contributed by atoms with Crippen molar-refractivity contribution in [2.75, 3.05) is 24.3 Å². The van der Waals surface area contributed by atoms with Crippen LogP contribution in [-0.2, 0) is 4.74 Å². The fraction of sp³-hybridized carbons (Fsp3) is 0.286. The van der Waals surface area contributed by atoms with Crippen molar-refractivity contribution >= 4 is 23.5 Å². The van der Waals surface area contributed by atoms with Crippen LogP contribution in [0.1, 0.15) is 0 Å². The number of ether oxygens (including phenoxy) is 2. The minimum Gasteiger partial charge on any atom is -0.471 e. The number of hydrogen-bond donors (Lipinski definition) is 0. The van der Waals surface area contributed by atoms with Gasteiger partial charge in [0.25, 0.3) is 5.88 Å². The lowest BCUT2D eigenvalue weighted by Crippen LogP contribution is -2.26. The van der Waals surface area contributed by atoms with Crippen LogP contribution in [0.2, 0.25) is 0 Å². The van der Waals surface area contributed by atoms with Gasteiger partial charge in [0, 0.05) is 16.6 Å². The molecule has 0 aliphatic carbocycles.